The van der Waals surface area contributed by atoms with Gasteiger partial charge in [-0.25, -0.2) is 0 Å². The Morgan fingerprint density at radius 3 is 2.03 bits per heavy atom. The molecule has 0 aliphatic carbocycles. The summed E-state index contributed by atoms with van der Waals surface area (Å²) in [6.45, 7) is 8.81. The van der Waals surface area contributed by atoms with Gasteiger partial charge in [0, 0.05) is 27.7 Å². The van der Waals surface area contributed by atoms with Crippen LogP contribution in [0.2, 0.25) is 0 Å². The largest absolute Gasteiger partial charge is 0.463 e. The van der Waals surface area contributed by atoms with Crippen LogP contribution in [0, 0.1) is 0 Å². The number of amides is 1. The molecule has 1 aromatic carbocycles. The van der Waals surface area contributed by atoms with Gasteiger partial charge in [0.15, 0.2) is 12.2 Å². The number of nitrogens with one attached hydrogen (secondary N) is 1. The summed E-state index contributed by atoms with van der Waals surface area (Å²) >= 11 is 0. The van der Waals surface area contributed by atoms with E-state index in [1.54, 1.807) is 12.1 Å². The first-order valence-corrected chi connectivity index (χ1v) is 11.2. The number of benzene rings is 1. The number of rotatable bonds is 9. The Morgan fingerprint density at radius 1 is 0.941 bits per heavy atom. The fourth-order valence-electron chi connectivity index (χ4n) is 3.64. The Balaban J connectivity index is 2.41. The molecule has 0 radical (unpaired) electrons. The van der Waals surface area contributed by atoms with Gasteiger partial charge >= 0.3 is 17.9 Å². The predicted octanol–water partition coefficient (Wildman–Crippen LogP) is 2.23. The lowest BCUT2D eigenvalue weighted by Gasteiger charge is -2.44. The normalized spacial score (nSPS) is 24.9. The molecule has 1 N–H and O–H groups in total. The average Bonchev–Trinajstić information content (AvgIpc) is 2.75. The van der Waals surface area contributed by atoms with Crippen LogP contribution < -0.4 is 10.1 Å². The van der Waals surface area contributed by atoms with E-state index >= 15 is 0 Å². The van der Waals surface area contributed by atoms with Crippen molar-refractivity contribution in [3.63, 3.8) is 0 Å². The molecule has 1 aliphatic heterocycles. The third kappa shape index (κ3) is 7.72. The Morgan fingerprint density at radius 2 is 1.53 bits per heavy atom. The Kier molecular flexibility index (Phi) is 9.85. The van der Waals surface area contributed by atoms with E-state index in [-0.39, 0.29) is 6.61 Å². The number of hydrogen-bond donors (Lipinski definition) is 1. The summed E-state index contributed by atoms with van der Waals surface area (Å²) in [7, 11) is 0. The first-order valence-electron chi connectivity index (χ1n) is 11.2. The molecule has 0 spiro atoms. The number of ether oxygens (including phenoxy) is 5. The smallest absolute Gasteiger partial charge is 0.303 e. The highest BCUT2D eigenvalue weighted by atomic mass is 16.7. The molecule has 188 valence electrons. The SMILES string of the molecule is CC[C@H](C)c1ccc(O[C@@H]2O[C@@H](COC(C)=O)[C@@H](OC(C)=O)[C@@H](OC(C)=O)[C@@H]2NC(C)=O)cc1. The van der Waals surface area contributed by atoms with Gasteiger partial charge in [-0.05, 0) is 30.0 Å². The van der Waals surface area contributed by atoms with E-state index in [0.717, 1.165) is 12.0 Å². The summed E-state index contributed by atoms with van der Waals surface area (Å²) in [5.74, 6) is -1.52. The second-order valence-electron chi connectivity index (χ2n) is 8.22. The van der Waals surface area contributed by atoms with Gasteiger partial charge in [0.05, 0.1) is 0 Å². The van der Waals surface area contributed by atoms with Crippen molar-refractivity contribution in [2.75, 3.05) is 6.61 Å². The Bertz CT molecular complexity index is 870. The molecule has 1 saturated heterocycles. The highest BCUT2D eigenvalue weighted by Crippen LogP contribution is 2.30. The molecule has 1 fully saturated rings. The Labute approximate surface area is 199 Å². The fourth-order valence-corrected chi connectivity index (χ4v) is 3.64. The van der Waals surface area contributed by atoms with Gasteiger partial charge in [0.25, 0.3) is 0 Å². The molecule has 0 saturated carbocycles. The molecule has 10 nitrogen and oxygen atoms in total. The van der Waals surface area contributed by atoms with Crippen molar-refractivity contribution in [3.8, 4) is 5.75 Å². The van der Waals surface area contributed by atoms with Crippen LogP contribution in [-0.4, -0.2) is 61.1 Å². The highest BCUT2D eigenvalue weighted by molar-refractivity contribution is 5.73. The van der Waals surface area contributed by atoms with E-state index in [4.69, 9.17) is 23.7 Å². The molecule has 0 bridgehead atoms. The van der Waals surface area contributed by atoms with Crippen molar-refractivity contribution < 1.29 is 42.9 Å². The van der Waals surface area contributed by atoms with Crippen LogP contribution in [0.3, 0.4) is 0 Å². The summed E-state index contributed by atoms with van der Waals surface area (Å²) in [5.41, 5.74) is 1.14. The van der Waals surface area contributed by atoms with Gasteiger partial charge in [0.1, 0.15) is 24.5 Å². The maximum atomic E-state index is 12.0. The second-order valence-corrected chi connectivity index (χ2v) is 8.22. The molecule has 34 heavy (non-hydrogen) atoms. The molecule has 1 amide bonds. The van der Waals surface area contributed by atoms with Crippen molar-refractivity contribution >= 4 is 23.8 Å². The van der Waals surface area contributed by atoms with Crippen molar-refractivity contribution in [1.82, 2.24) is 5.32 Å². The van der Waals surface area contributed by atoms with Gasteiger partial charge < -0.3 is 29.0 Å². The van der Waals surface area contributed by atoms with E-state index < -0.39 is 54.5 Å². The van der Waals surface area contributed by atoms with Gasteiger partial charge in [0.2, 0.25) is 12.2 Å². The monoisotopic (exact) mass is 479 g/mol. The summed E-state index contributed by atoms with van der Waals surface area (Å²) in [6.07, 6.45) is -3.51. The summed E-state index contributed by atoms with van der Waals surface area (Å²) in [5, 5.41) is 2.67. The lowest BCUT2D eigenvalue weighted by molar-refractivity contribution is -0.257. The van der Waals surface area contributed by atoms with Crippen molar-refractivity contribution in [2.24, 2.45) is 0 Å². The zero-order chi connectivity index (χ0) is 25.4. The zero-order valence-electron chi connectivity index (χ0n) is 20.4. The molecule has 2 rings (SSSR count). The predicted molar refractivity (Wildman–Crippen MR) is 120 cm³/mol. The molecule has 1 aliphatic rings. The van der Waals surface area contributed by atoms with Crippen LogP contribution >= 0.6 is 0 Å². The number of carbonyl (C=O) groups excluding carboxylic acids is 4. The average molecular weight is 480 g/mol. The number of carbonyl (C=O) groups is 4. The minimum Gasteiger partial charge on any atom is -0.463 e. The fraction of sp³-hybridized carbons (Fsp3) is 0.583. The summed E-state index contributed by atoms with van der Waals surface area (Å²) in [6, 6.07) is 6.39. The number of hydrogen-bond acceptors (Lipinski definition) is 9. The zero-order valence-corrected chi connectivity index (χ0v) is 20.4. The minimum absolute atomic E-state index is 0.287. The van der Waals surface area contributed by atoms with Crippen LogP contribution in [0.1, 0.15) is 59.4 Å². The first kappa shape index (κ1) is 27.1. The molecule has 10 heteroatoms. The standard InChI is InChI=1S/C24H33NO9/c1-7-13(2)18-8-10-19(11-9-18)33-24-21(25-14(3)26)23(32-17(6)29)22(31-16(5)28)20(34-24)12-30-15(4)27/h8-11,13,20-24H,7,12H2,1-6H3,(H,25,26)/t13-,20-,21-,22+,23-,24+/m0/s1. The lowest BCUT2D eigenvalue weighted by atomic mass is 9.96. The first-order chi connectivity index (χ1) is 16.0. The van der Waals surface area contributed by atoms with Crippen LogP contribution in [0.5, 0.6) is 5.75 Å². The van der Waals surface area contributed by atoms with Crippen molar-refractivity contribution in [1.29, 1.82) is 0 Å². The summed E-state index contributed by atoms with van der Waals surface area (Å²) < 4.78 is 27.9. The van der Waals surface area contributed by atoms with E-state index in [9.17, 15) is 19.2 Å². The molecule has 6 atom stereocenters. The van der Waals surface area contributed by atoms with Gasteiger partial charge in [-0.1, -0.05) is 26.0 Å². The second kappa shape index (κ2) is 12.4. The maximum absolute atomic E-state index is 12.0. The third-order valence-electron chi connectivity index (χ3n) is 5.38. The van der Waals surface area contributed by atoms with Crippen LogP contribution in [0.25, 0.3) is 0 Å². The van der Waals surface area contributed by atoms with Gasteiger partial charge in [-0.15, -0.1) is 0 Å². The lowest BCUT2D eigenvalue weighted by Crippen LogP contribution is -2.67. The van der Waals surface area contributed by atoms with Crippen molar-refractivity contribution in [3.05, 3.63) is 29.8 Å². The van der Waals surface area contributed by atoms with Crippen LogP contribution in [0.4, 0.5) is 0 Å². The molecule has 0 aromatic heterocycles. The number of esters is 3. The quantitative estimate of drug-likeness (QED) is 0.419. The molecule has 1 aromatic rings. The summed E-state index contributed by atoms with van der Waals surface area (Å²) in [4.78, 5) is 47.1. The topological polar surface area (TPSA) is 126 Å². The highest BCUT2D eigenvalue weighted by Gasteiger charge is 2.51. The third-order valence-corrected chi connectivity index (χ3v) is 5.38. The van der Waals surface area contributed by atoms with Crippen LogP contribution in [0.15, 0.2) is 24.3 Å². The molecular formula is C24H33NO9. The van der Waals surface area contributed by atoms with Gasteiger partial charge in [-0.2, -0.15) is 0 Å². The Hall–Kier alpha value is -3.14. The van der Waals surface area contributed by atoms with Gasteiger partial charge in [-0.3, -0.25) is 19.2 Å². The van der Waals surface area contributed by atoms with E-state index in [1.807, 2.05) is 12.1 Å². The maximum Gasteiger partial charge on any atom is 0.303 e. The van der Waals surface area contributed by atoms with Crippen molar-refractivity contribution in [2.45, 2.75) is 84.5 Å². The molecular weight excluding hydrogens is 446 g/mol. The van der Waals surface area contributed by atoms with E-state index in [1.165, 1.54) is 27.7 Å². The van der Waals surface area contributed by atoms with E-state index in [2.05, 4.69) is 19.2 Å². The van der Waals surface area contributed by atoms with E-state index in [0.29, 0.717) is 11.7 Å². The molecule has 0 unspecified atom stereocenters. The minimum atomic E-state index is -1.16. The molecule has 1 heterocycles. The van der Waals surface area contributed by atoms with Crippen LogP contribution in [-0.2, 0) is 38.1 Å².